The molecule has 0 radical (unpaired) electrons. The summed E-state index contributed by atoms with van der Waals surface area (Å²) in [5.41, 5.74) is 0.767. The minimum absolute atomic E-state index is 0.105. The van der Waals surface area contributed by atoms with E-state index in [2.05, 4.69) is 10.6 Å². The van der Waals surface area contributed by atoms with Gasteiger partial charge in [0.15, 0.2) is 0 Å². The molecule has 5 nitrogen and oxygen atoms in total. The minimum atomic E-state index is -1.15. The maximum Gasteiger partial charge on any atom is 0.352 e. The van der Waals surface area contributed by atoms with Crippen molar-refractivity contribution in [2.75, 3.05) is 0 Å². The molecule has 0 aliphatic carbocycles. The number of carbonyl (C=O) groups is 2. The maximum atomic E-state index is 11.6. The second-order valence-electron chi connectivity index (χ2n) is 4.53. The number of rotatable bonds is 2. The SMILES string of the molecule is O=C1NC(C(=O)O)=C[C@H](c2cccc3ccccc23)N1. The summed E-state index contributed by atoms with van der Waals surface area (Å²) in [6.45, 7) is 0. The van der Waals surface area contributed by atoms with Crippen LogP contribution in [0, 0.1) is 0 Å². The third kappa shape index (κ3) is 2.09. The van der Waals surface area contributed by atoms with Crippen molar-refractivity contribution in [3.8, 4) is 0 Å². The van der Waals surface area contributed by atoms with E-state index in [1.807, 2.05) is 42.5 Å². The number of carboxylic acids is 1. The Morgan fingerprint density at radius 3 is 2.65 bits per heavy atom. The second-order valence-corrected chi connectivity index (χ2v) is 4.53. The molecule has 0 fully saturated rings. The number of amides is 2. The Balaban J connectivity index is 2.13. The summed E-state index contributed by atoms with van der Waals surface area (Å²) in [5.74, 6) is -1.15. The van der Waals surface area contributed by atoms with E-state index in [-0.39, 0.29) is 5.70 Å². The van der Waals surface area contributed by atoms with Crippen molar-refractivity contribution in [2.45, 2.75) is 6.04 Å². The average molecular weight is 268 g/mol. The van der Waals surface area contributed by atoms with Crippen LogP contribution in [0.4, 0.5) is 4.79 Å². The summed E-state index contributed by atoms with van der Waals surface area (Å²) >= 11 is 0. The van der Waals surface area contributed by atoms with E-state index >= 15 is 0 Å². The van der Waals surface area contributed by atoms with Gasteiger partial charge in [0.1, 0.15) is 5.70 Å². The molecule has 1 heterocycles. The Hall–Kier alpha value is -2.82. The third-order valence-electron chi connectivity index (χ3n) is 3.26. The normalized spacial score (nSPS) is 18.1. The van der Waals surface area contributed by atoms with Gasteiger partial charge in [-0.05, 0) is 22.4 Å². The first-order valence-electron chi connectivity index (χ1n) is 6.15. The van der Waals surface area contributed by atoms with Crippen LogP contribution < -0.4 is 10.6 Å². The van der Waals surface area contributed by atoms with Crippen LogP contribution in [-0.4, -0.2) is 17.1 Å². The quantitative estimate of drug-likeness (QED) is 0.781. The zero-order valence-electron chi connectivity index (χ0n) is 10.5. The molecule has 3 N–H and O–H groups in total. The molecular formula is C15H12N2O3. The highest BCUT2D eigenvalue weighted by Crippen LogP contribution is 2.26. The van der Waals surface area contributed by atoms with Crippen LogP contribution in [-0.2, 0) is 4.79 Å². The predicted molar refractivity (Wildman–Crippen MR) is 74.1 cm³/mol. The first-order valence-corrected chi connectivity index (χ1v) is 6.15. The van der Waals surface area contributed by atoms with Crippen LogP contribution >= 0.6 is 0 Å². The zero-order chi connectivity index (χ0) is 14.1. The molecule has 0 aromatic heterocycles. The Labute approximate surface area is 114 Å². The highest BCUT2D eigenvalue weighted by Gasteiger charge is 2.24. The van der Waals surface area contributed by atoms with E-state index in [1.165, 1.54) is 6.08 Å². The third-order valence-corrected chi connectivity index (χ3v) is 3.26. The molecule has 0 saturated heterocycles. The van der Waals surface area contributed by atoms with Crippen molar-refractivity contribution >= 4 is 22.8 Å². The topological polar surface area (TPSA) is 78.4 Å². The van der Waals surface area contributed by atoms with Gasteiger partial charge in [0.05, 0.1) is 6.04 Å². The molecule has 100 valence electrons. The fourth-order valence-electron chi connectivity index (χ4n) is 2.36. The lowest BCUT2D eigenvalue weighted by molar-refractivity contribution is -0.133. The molecule has 20 heavy (non-hydrogen) atoms. The summed E-state index contributed by atoms with van der Waals surface area (Å²) < 4.78 is 0. The molecule has 0 bridgehead atoms. The summed E-state index contributed by atoms with van der Waals surface area (Å²) in [4.78, 5) is 22.6. The smallest absolute Gasteiger partial charge is 0.352 e. The lowest BCUT2D eigenvalue weighted by Crippen LogP contribution is -2.43. The molecule has 5 heteroatoms. The van der Waals surface area contributed by atoms with Crippen LogP contribution in [0.15, 0.2) is 54.2 Å². The molecule has 0 saturated carbocycles. The first-order chi connectivity index (χ1) is 9.65. The molecule has 1 atom stereocenters. The predicted octanol–water partition coefficient (Wildman–Crippen LogP) is 2.16. The molecule has 1 aliphatic heterocycles. The Morgan fingerprint density at radius 1 is 1.10 bits per heavy atom. The Bertz CT molecular complexity index is 731. The van der Waals surface area contributed by atoms with Crippen molar-refractivity contribution in [1.82, 2.24) is 10.6 Å². The summed E-state index contributed by atoms with van der Waals surface area (Å²) in [5, 5.41) is 16.1. The number of carboxylic acid groups (broad SMARTS) is 1. The van der Waals surface area contributed by atoms with Crippen molar-refractivity contribution < 1.29 is 14.7 Å². The monoisotopic (exact) mass is 268 g/mol. The maximum absolute atomic E-state index is 11.6. The number of hydrogen-bond donors (Lipinski definition) is 3. The number of nitrogens with one attached hydrogen (secondary N) is 2. The van der Waals surface area contributed by atoms with Gasteiger partial charge in [-0.2, -0.15) is 0 Å². The Kier molecular flexibility index (Phi) is 2.87. The number of benzene rings is 2. The molecule has 2 aromatic rings. The van der Waals surface area contributed by atoms with Gasteiger partial charge in [-0.15, -0.1) is 0 Å². The fraction of sp³-hybridized carbons (Fsp3) is 0.0667. The van der Waals surface area contributed by atoms with Gasteiger partial charge < -0.3 is 15.7 Å². The number of carbonyl (C=O) groups excluding carboxylic acids is 1. The summed E-state index contributed by atoms with van der Waals surface area (Å²) in [6, 6.07) is 12.6. The van der Waals surface area contributed by atoms with E-state index < -0.39 is 18.0 Å². The lowest BCUT2D eigenvalue weighted by atomic mass is 9.97. The van der Waals surface area contributed by atoms with Crippen LogP contribution in [0.25, 0.3) is 10.8 Å². The van der Waals surface area contributed by atoms with Gasteiger partial charge in [0.25, 0.3) is 0 Å². The second kappa shape index (κ2) is 4.70. The van der Waals surface area contributed by atoms with E-state index in [1.54, 1.807) is 0 Å². The van der Waals surface area contributed by atoms with Gasteiger partial charge in [-0.3, -0.25) is 0 Å². The van der Waals surface area contributed by atoms with Crippen LogP contribution in [0.5, 0.6) is 0 Å². The largest absolute Gasteiger partial charge is 0.477 e. The van der Waals surface area contributed by atoms with E-state index in [0.717, 1.165) is 16.3 Å². The molecule has 1 aliphatic rings. The lowest BCUT2D eigenvalue weighted by Gasteiger charge is -2.23. The van der Waals surface area contributed by atoms with E-state index in [0.29, 0.717) is 0 Å². The van der Waals surface area contributed by atoms with Gasteiger partial charge in [-0.25, -0.2) is 9.59 Å². The summed E-state index contributed by atoms with van der Waals surface area (Å²) in [6.07, 6.45) is 1.51. The van der Waals surface area contributed by atoms with Crippen LogP contribution in [0.1, 0.15) is 11.6 Å². The molecule has 2 amide bonds. The molecule has 3 rings (SSSR count). The fourth-order valence-corrected chi connectivity index (χ4v) is 2.36. The standard InChI is InChI=1S/C15H12N2O3/c18-14(19)13-8-12(16-15(20)17-13)11-7-3-5-9-4-1-2-6-10(9)11/h1-8,12H,(H,18,19)(H2,16,17,20)/t12-/m1/s1. The van der Waals surface area contributed by atoms with Gasteiger partial charge in [-0.1, -0.05) is 42.5 Å². The van der Waals surface area contributed by atoms with E-state index in [9.17, 15) is 9.59 Å². The highest BCUT2D eigenvalue weighted by atomic mass is 16.4. The average Bonchev–Trinajstić information content (AvgIpc) is 2.46. The zero-order valence-corrected chi connectivity index (χ0v) is 10.5. The molecular weight excluding hydrogens is 256 g/mol. The van der Waals surface area contributed by atoms with Gasteiger partial charge in [0, 0.05) is 0 Å². The molecule has 0 unspecified atom stereocenters. The number of hydrogen-bond acceptors (Lipinski definition) is 2. The van der Waals surface area contributed by atoms with Crippen molar-refractivity contribution in [3.05, 3.63) is 59.8 Å². The first kappa shape index (κ1) is 12.2. The van der Waals surface area contributed by atoms with Crippen molar-refractivity contribution in [2.24, 2.45) is 0 Å². The van der Waals surface area contributed by atoms with Crippen LogP contribution in [0.3, 0.4) is 0 Å². The van der Waals surface area contributed by atoms with Crippen molar-refractivity contribution in [1.29, 1.82) is 0 Å². The molecule has 2 aromatic carbocycles. The van der Waals surface area contributed by atoms with Crippen LogP contribution in [0.2, 0.25) is 0 Å². The highest BCUT2D eigenvalue weighted by molar-refractivity contribution is 5.95. The van der Waals surface area contributed by atoms with Crippen molar-refractivity contribution in [3.63, 3.8) is 0 Å². The summed E-state index contributed by atoms with van der Waals surface area (Å²) in [7, 11) is 0. The number of aliphatic carboxylic acids is 1. The number of fused-ring (bicyclic) bond motifs is 1. The minimum Gasteiger partial charge on any atom is -0.477 e. The Morgan fingerprint density at radius 2 is 1.85 bits per heavy atom. The van der Waals surface area contributed by atoms with E-state index in [4.69, 9.17) is 5.11 Å². The van der Waals surface area contributed by atoms with Gasteiger partial charge in [0.2, 0.25) is 0 Å². The number of urea groups is 1. The molecule has 0 spiro atoms. The van der Waals surface area contributed by atoms with Gasteiger partial charge >= 0.3 is 12.0 Å².